The zero-order chi connectivity index (χ0) is 27.7. The number of anilines is 2. The van der Waals surface area contributed by atoms with Crippen molar-refractivity contribution in [1.82, 2.24) is 10.2 Å². The van der Waals surface area contributed by atoms with Crippen molar-refractivity contribution in [3.63, 3.8) is 0 Å². The lowest BCUT2D eigenvalue weighted by atomic mass is 9.76. The summed E-state index contributed by atoms with van der Waals surface area (Å²) in [5.74, 6) is -0.342. The van der Waals surface area contributed by atoms with E-state index in [0.717, 1.165) is 28.1 Å². The van der Waals surface area contributed by atoms with E-state index in [1.165, 1.54) is 23.1 Å². The number of allylic oxidation sites excluding steroid dienone is 3. The van der Waals surface area contributed by atoms with Crippen LogP contribution < -0.4 is 16.0 Å². The maximum absolute atomic E-state index is 13.2. The van der Waals surface area contributed by atoms with Crippen molar-refractivity contribution < 1.29 is 9.59 Å². The topological polar surface area (TPSA) is 125 Å². The first kappa shape index (κ1) is 26.9. The number of hydrogen-bond donors (Lipinski definition) is 2. The van der Waals surface area contributed by atoms with Gasteiger partial charge in [-0.25, -0.2) is 0 Å². The largest absolute Gasteiger partial charge is 0.384 e. The first-order valence-corrected chi connectivity index (χ1v) is 14.5. The number of amides is 1. The summed E-state index contributed by atoms with van der Waals surface area (Å²) in [4.78, 5) is 27.6. The third-order valence-electron chi connectivity index (χ3n) is 6.78. The minimum absolute atomic E-state index is 0.0104. The number of hydrogen-bond acceptors (Lipinski definition) is 9. The molecule has 198 valence electrons. The first-order chi connectivity index (χ1) is 18.8. The summed E-state index contributed by atoms with van der Waals surface area (Å²) in [7, 11) is 0. The Labute approximate surface area is 239 Å². The molecule has 0 fully saturated rings. The van der Waals surface area contributed by atoms with Crippen LogP contribution in [0.5, 0.6) is 0 Å². The van der Waals surface area contributed by atoms with Crippen LogP contribution >= 0.6 is 34.7 Å². The summed E-state index contributed by atoms with van der Waals surface area (Å²) in [6.07, 6.45) is 1.70. The van der Waals surface area contributed by atoms with Gasteiger partial charge in [-0.15, -0.1) is 10.2 Å². The van der Waals surface area contributed by atoms with Gasteiger partial charge in [-0.2, -0.15) is 5.26 Å². The lowest BCUT2D eigenvalue weighted by molar-refractivity contribution is -0.116. The summed E-state index contributed by atoms with van der Waals surface area (Å²) in [5.41, 5.74) is 11.8. The van der Waals surface area contributed by atoms with Gasteiger partial charge in [0.15, 0.2) is 10.1 Å². The summed E-state index contributed by atoms with van der Waals surface area (Å²) in [6.45, 7) is 3.91. The van der Waals surface area contributed by atoms with E-state index in [9.17, 15) is 14.9 Å². The molecule has 2 heterocycles. The Morgan fingerprint density at radius 1 is 1.21 bits per heavy atom. The van der Waals surface area contributed by atoms with Crippen LogP contribution in [0.3, 0.4) is 0 Å². The highest BCUT2D eigenvalue weighted by Gasteiger charge is 2.41. The number of halogens is 1. The third-order valence-corrected chi connectivity index (χ3v) is 9.07. The molecule has 0 saturated carbocycles. The van der Waals surface area contributed by atoms with Crippen LogP contribution in [0.1, 0.15) is 41.9 Å². The molecule has 0 radical (unpaired) electrons. The van der Waals surface area contributed by atoms with Crippen LogP contribution in [-0.2, 0) is 9.59 Å². The number of nitrogens with one attached hydrogen (secondary N) is 1. The number of nitrogens with two attached hydrogens (primary N) is 1. The number of carbonyl (C=O) groups is 2. The second-order valence-electron chi connectivity index (χ2n) is 9.32. The van der Waals surface area contributed by atoms with Gasteiger partial charge in [-0.05, 0) is 55.5 Å². The molecule has 1 aromatic heterocycles. The van der Waals surface area contributed by atoms with Crippen molar-refractivity contribution in [2.24, 2.45) is 5.73 Å². The second kappa shape index (κ2) is 11.2. The van der Waals surface area contributed by atoms with Gasteiger partial charge in [0.1, 0.15) is 5.82 Å². The van der Waals surface area contributed by atoms with Gasteiger partial charge >= 0.3 is 0 Å². The van der Waals surface area contributed by atoms with Gasteiger partial charge in [0.2, 0.25) is 11.0 Å². The highest BCUT2D eigenvalue weighted by Crippen LogP contribution is 2.47. The smallest absolute Gasteiger partial charge is 0.234 e. The molecule has 11 heteroatoms. The van der Waals surface area contributed by atoms with Crippen LogP contribution in [-0.4, -0.2) is 27.6 Å². The first-order valence-electron chi connectivity index (χ1n) is 12.3. The predicted octanol–water partition coefficient (Wildman–Crippen LogP) is 5.84. The van der Waals surface area contributed by atoms with E-state index in [0.29, 0.717) is 39.3 Å². The van der Waals surface area contributed by atoms with Crippen LogP contribution in [0.15, 0.2) is 69.5 Å². The minimum Gasteiger partial charge on any atom is -0.384 e. The lowest BCUT2D eigenvalue weighted by Gasteiger charge is -2.38. The Kier molecular flexibility index (Phi) is 7.75. The summed E-state index contributed by atoms with van der Waals surface area (Å²) < 4.78 is 0.581. The van der Waals surface area contributed by atoms with Gasteiger partial charge < -0.3 is 11.1 Å². The fourth-order valence-corrected chi connectivity index (χ4v) is 6.77. The molecule has 1 amide bonds. The number of carbonyl (C=O) groups excluding carboxylic acids is 2. The number of aryl methyl sites for hydroxylation is 2. The Morgan fingerprint density at radius 2 is 1.92 bits per heavy atom. The molecule has 0 saturated heterocycles. The van der Waals surface area contributed by atoms with Gasteiger partial charge in [-0.3, -0.25) is 14.5 Å². The molecule has 1 atom stereocenters. The summed E-state index contributed by atoms with van der Waals surface area (Å²) in [6, 6.07) is 15.2. The average Bonchev–Trinajstić information content (AvgIpc) is 3.38. The van der Waals surface area contributed by atoms with Gasteiger partial charge in [0, 0.05) is 28.4 Å². The zero-order valence-electron chi connectivity index (χ0n) is 21.3. The fourth-order valence-electron chi connectivity index (χ4n) is 4.96. The molecule has 2 aliphatic rings. The van der Waals surface area contributed by atoms with E-state index < -0.39 is 5.92 Å². The molecule has 3 N–H and O–H groups in total. The number of benzene rings is 2. The molecule has 3 aromatic rings. The number of thioether (sulfide) groups is 1. The van der Waals surface area contributed by atoms with Crippen molar-refractivity contribution in [2.45, 2.75) is 43.4 Å². The van der Waals surface area contributed by atoms with E-state index in [1.54, 1.807) is 17.0 Å². The number of ketones is 1. The third kappa shape index (κ3) is 5.30. The number of Topliss-reactive ketones (excluding diaryl/α,β-unsaturated/α-hetero) is 1. The van der Waals surface area contributed by atoms with Crippen LogP contribution in [0.25, 0.3) is 0 Å². The molecule has 1 unspecified atom stereocenters. The zero-order valence-corrected chi connectivity index (χ0v) is 23.7. The van der Waals surface area contributed by atoms with Crippen molar-refractivity contribution in [3.8, 4) is 6.07 Å². The number of para-hydroxylation sites is 1. The van der Waals surface area contributed by atoms with E-state index in [1.807, 2.05) is 44.2 Å². The molecule has 39 heavy (non-hydrogen) atoms. The quantitative estimate of drug-likeness (QED) is 0.350. The maximum Gasteiger partial charge on any atom is 0.234 e. The summed E-state index contributed by atoms with van der Waals surface area (Å²) >= 11 is 8.63. The highest BCUT2D eigenvalue weighted by molar-refractivity contribution is 8.01. The maximum atomic E-state index is 13.2. The SMILES string of the molecule is Cc1cccc(C)c1NC(=O)CSc1nnc(N2C(N)=C(C#N)C(c3ccc(Cl)cc3)C3=C2CCCC3=O)s1. The molecular formula is C28H25ClN6O2S2. The Morgan fingerprint density at radius 3 is 2.62 bits per heavy atom. The second-order valence-corrected chi connectivity index (χ2v) is 11.9. The highest BCUT2D eigenvalue weighted by atomic mass is 35.5. The molecule has 1 aliphatic heterocycles. The van der Waals surface area contributed by atoms with Crippen molar-refractivity contribution in [3.05, 3.63) is 86.8 Å². The molecule has 0 bridgehead atoms. The normalized spacial score (nSPS) is 17.2. The lowest BCUT2D eigenvalue weighted by Crippen LogP contribution is -2.38. The van der Waals surface area contributed by atoms with Crippen molar-refractivity contribution in [1.29, 1.82) is 5.26 Å². The molecule has 5 rings (SSSR count). The Hall–Kier alpha value is -3.65. The standard InChI is InChI=1S/C28H25ClN6O2S2/c1-15-5-3-6-16(2)25(15)32-22(37)14-38-28-34-33-27(39-28)35-20-7-4-8-21(36)24(20)23(19(13-30)26(35)31)17-9-11-18(29)12-10-17/h3,5-6,9-12,23H,4,7-8,14,31H2,1-2H3,(H,32,37). The minimum atomic E-state index is -0.568. The average molecular weight is 577 g/mol. The van der Waals surface area contributed by atoms with Crippen LogP contribution in [0.2, 0.25) is 5.02 Å². The molecular weight excluding hydrogens is 552 g/mol. The Balaban J connectivity index is 1.42. The van der Waals surface area contributed by atoms with E-state index in [4.69, 9.17) is 17.3 Å². The van der Waals surface area contributed by atoms with E-state index in [-0.39, 0.29) is 28.8 Å². The Bertz CT molecular complexity index is 1550. The molecule has 0 spiro atoms. The number of aromatic nitrogens is 2. The van der Waals surface area contributed by atoms with E-state index >= 15 is 0 Å². The number of rotatable bonds is 6. The number of nitrogens with zero attached hydrogens (tertiary/aromatic N) is 4. The van der Waals surface area contributed by atoms with Crippen LogP contribution in [0.4, 0.5) is 10.8 Å². The van der Waals surface area contributed by atoms with Gasteiger partial charge in [0.05, 0.1) is 23.3 Å². The number of nitriles is 1. The fraction of sp³-hybridized carbons (Fsp3) is 0.250. The molecule has 2 aromatic carbocycles. The van der Waals surface area contributed by atoms with Crippen LogP contribution in [0, 0.1) is 25.2 Å². The van der Waals surface area contributed by atoms with Crippen molar-refractivity contribution in [2.75, 3.05) is 16.0 Å². The van der Waals surface area contributed by atoms with E-state index in [2.05, 4.69) is 21.6 Å². The van der Waals surface area contributed by atoms with Gasteiger partial charge in [0.25, 0.3) is 0 Å². The molecule has 8 nitrogen and oxygen atoms in total. The summed E-state index contributed by atoms with van der Waals surface area (Å²) in [5, 5.41) is 22.7. The van der Waals surface area contributed by atoms with Crippen molar-refractivity contribution >= 4 is 57.2 Å². The van der Waals surface area contributed by atoms with Gasteiger partial charge in [-0.1, -0.05) is 65.0 Å². The molecule has 1 aliphatic carbocycles. The monoisotopic (exact) mass is 576 g/mol. The predicted molar refractivity (Wildman–Crippen MR) is 155 cm³/mol.